The molecule has 0 heterocycles. The number of nitrogens with zero attached hydrogens (tertiary/aromatic N) is 2. The summed E-state index contributed by atoms with van der Waals surface area (Å²) in [6.45, 7) is 19.4. The van der Waals surface area contributed by atoms with Gasteiger partial charge in [-0.2, -0.15) is 0 Å². The van der Waals surface area contributed by atoms with E-state index in [0.29, 0.717) is 0 Å². The van der Waals surface area contributed by atoms with Crippen LogP contribution in [0.15, 0.2) is 30.3 Å². The third-order valence-electron chi connectivity index (χ3n) is 7.58. The fourth-order valence-electron chi connectivity index (χ4n) is 4.81. The van der Waals surface area contributed by atoms with Crippen molar-refractivity contribution >= 4 is 29.8 Å². The van der Waals surface area contributed by atoms with E-state index in [1.54, 1.807) is 27.8 Å². The molecule has 2 N–H and O–H groups in total. The summed E-state index contributed by atoms with van der Waals surface area (Å²) in [5.41, 5.74) is -1.61. The highest BCUT2D eigenvalue weighted by Crippen LogP contribution is 2.29. The van der Waals surface area contributed by atoms with Gasteiger partial charge in [-0.25, -0.2) is 4.79 Å². The fourth-order valence-corrected chi connectivity index (χ4v) is 4.81. The number of nitrogens with one attached hydrogen (secondary N) is 2. The van der Waals surface area contributed by atoms with Crippen molar-refractivity contribution < 1.29 is 33.4 Å². The lowest BCUT2D eigenvalue weighted by Crippen LogP contribution is -2.63. The van der Waals surface area contributed by atoms with Crippen LogP contribution in [0.5, 0.6) is 0 Å². The van der Waals surface area contributed by atoms with Gasteiger partial charge in [0.05, 0.1) is 13.2 Å². The predicted octanol–water partition coefficient (Wildman–Crippen LogP) is 3.89. The minimum atomic E-state index is -1.10. The molecule has 0 aliphatic rings. The zero-order valence-electron chi connectivity index (χ0n) is 28.9. The largest absolute Gasteiger partial charge is 0.468 e. The van der Waals surface area contributed by atoms with Gasteiger partial charge in [0, 0.05) is 25.9 Å². The lowest BCUT2D eigenvalue weighted by atomic mass is 9.76. The zero-order chi connectivity index (χ0) is 34.2. The van der Waals surface area contributed by atoms with Crippen LogP contribution in [0.1, 0.15) is 81.7 Å². The molecule has 0 saturated heterocycles. The molecule has 11 heteroatoms. The standard InChI is InChI=1S/C33H54N4O7/c1-21(2)24(19-37(22(3)38)20-25(39)43-13)36(12)29(41)27(31(4,5)6)34-28(40)26(35-30(42)44-32(7,8)9)33(10,11)23-17-15-14-16-18-23/h14-18,21,24,26-27H,19-20H2,1-13H3,(H,34,40)(H,35,42)/t24-,26-,27-/m1/s1. The van der Waals surface area contributed by atoms with Crippen molar-refractivity contribution in [1.29, 1.82) is 0 Å². The van der Waals surface area contributed by atoms with Crippen LogP contribution in [0.2, 0.25) is 0 Å². The number of amides is 4. The summed E-state index contributed by atoms with van der Waals surface area (Å²) in [6.07, 6.45) is -0.757. The molecular weight excluding hydrogens is 564 g/mol. The Labute approximate surface area is 263 Å². The molecule has 1 aromatic rings. The van der Waals surface area contributed by atoms with E-state index >= 15 is 0 Å². The maximum absolute atomic E-state index is 14.2. The molecule has 248 valence electrons. The molecule has 4 amide bonds. The normalized spacial score (nSPS) is 14.1. The van der Waals surface area contributed by atoms with Crippen LogP contribution in [-0.2, 0) is 34.1 Å². The summed E-state index contributed by atoms with van der Waals surface area (Å²) in [7, 11) is 2.87. The van der Waals surface area contributed by atoms with Gasteiger partial charge in [0.1, 0.15) is 24.2 Å². The van der Waals surface area contributed by atoms with Crippen molar-refractivity contribution in [3.05, 3.63) is 35.9 Å². The Morgan fingerprint density at radius 3 is 1.84 bits per heavy atom. The smallest absolute Gasteiger partial charge is 0.408 e. The van der Waals surface area contributed by atoms with Gasteiger partial charge in [-0.15, -0.1) is 0 Å². The highest BCUT2D eigenvalue weighted by Gasteiger charge is 2.43. The molecule has 0 radical (unpaired) electrons. The number of hydrogen-bond donors (Lipinski definition) is 2. The molecule has 0 saturated carbocycles. The van der Waals surface area contributed by atoms with Crippen LogP contribution >= 0.6 is 0 Å². The van der Waals surface area contributed by atoms with Gasteiger partial charge >= 0.3 is 12.1 Å². The van der Waals surface area contributed by atoms with E-state index in [1.165, 1.54) is 23.8 Å². The predicted molar refractivity (Wildman–Crippen MR) is 170 cm³/mol. The van der Waals surface area contributed by atoms with Gasteiger partial charge in [0.15, 0.2) is 0 Å². The Balaban J connectivity index is 3.47. The van der Waals surface area contributed by atoms with Crippen LogP contribution in [0.25, 0.3) is 0 Å². The van der Waals surface area contributed by atoms with Crippen molar-refractivity contribution in [2.24, 2.45) is 11.3 Å². The first kappa shape index (κ1) is 38.4. The number of carbonyl (C=O) groups is 5. The molecule has 1 aromatic carbocycles. The SMILES string of the molecule is COC(=O)CN(C[C@H](C(C)C)N(C)C(=O)[C@@H](NC(=O)[C@@H](NC(=O)OC(C)(C)C)C(C)(C)c1ccccc1)C(C)(C)C)C(C)=O. The van der Waals surface area contributed by atoms with Gasteiger partial charge in [-0.1, -0.05) is 78.8 Å². The number of carbonyl (C=O) groups excluding carboxylic acids is 5. The number of rotatable bonds is 12. The molecule has 44 heavy (non-hydrogen) atoms. The van der Waals surface area contributed by atoms with E-state index in [9.17, 15) is 24.0 Å². The summed E-state index contributed by atoms with van der Waals surface area (Å²) in [5, 5.41) is 5.69. The van der Waals surface area contributed by atoms with Crippen molar-refractivity contribution in [3.63, 3.8) is 0 Å². The molecule has 0 aromatic heterocycles. The highest BCUT2D eigenvalue weighted by molar-refractivity contribution is 5.93. The van der Waals surface area contributed by atoms with Crippen LogP contribution in [0.3, 0.4) is 0 Å². The number of likely N-dealkylation sites (N-methyl/N-ethyl adjacent to an activating group) is 1. The second-order valence-corrected chi connectivity index (χ2v) is 14.2. The molecule has 3 atom stereocenters. The number of benzene rings is 1. The first-order chi connectivity index (χ1) is 20.0. The molecule has 0 aliphatic carbocycles. The summed E-state index contributed by atoms with van der Waals surface area (Å²) in [6, 6.07) is 6.75. The topological polar surface area (TPSA) is 134 Å². The summed E-state index contributed by atoms with van der Waals surface area (Å²) in [5.74, 6) is -1.93. The van der Waals surface area contributed by atoms with Crippen LogP contribution in [0.4, 0.5) is 4.79 Å². The van der Waals surface area contributed by atoms with Crippen molar-refractivity contribution in [2.75, 3.05) is 27.2 Å². The van der Waals surface area contributed by atoms with Crippen LogP contribution < -0.4 is 10.6 Å². The van der Waals surface area contributed by atoms with Crippen LogP contribution in [-0.4, -0.2) is 90.6 Å². The van der Waals surface area contributed by atoms with E-state index < -0.39 is 52.5 Å². The Morgan fingerprint density at radius 1 is 0.864 bits per heavy atom. The van der Waals surface area contributed by atoms with E-state index in [2.05, 4.69) is 10.6 Å². The number of hydrogen-bond acceptors (Lipinski definition) is 7. The van der Waals surface area contributed by atoms with E-state index in [0.717, 1.165) is 5.56 Å². The fraction of sp³-hybridized carbons (Fsp3) is 0.667. The van der Waals surface area contributed by atoms with E-state index in [1.807, 2.05) is 78.8 Å². The van der Waals surface area contributed by atoms with Gasteiger partial charge in [-0.05, 0) is 37.7 Å². The third-order valence-corrected chi connectivity index (χ3v) is 7.58. The first-order valence-corrected chi connectivity index (χ1v) is 15.0. The summed E-state index contributed by atoms with van der Waals surface area (Å²) >= 11 is 0. The van der Waals surface area contributed by atoms with Crippen molar-refractivity contribution in [1.82, 2.24) is 20.4 Å². The van der Waals surface area contributed by atoms with E-state index in [4.69, 9.17) is 9.47 Å². The molecule has 11 nitrogen and oxygen atoms in total. The number of methoxy groups -OCH3 is 1. The van der Waals surface area contributed by atoms with Gasteiger partial charge in [0.2, 0.25) is 17.7 Å². The Bertz CT molecular complexity index is 1150. The van der Waals surface area contributed by atoms with E-state index in [-0.39, 0.29) is 30.8 Å². The Morgan fingerprint density at radius 2 is 1.41 bits per heavy atom. The van der Waals surface area contributed by atoms with Crippen molar-refractivity contribution in [3.8, 4) is 0 Å². The Kier molecular flexibility index (Phi) is 13.4. The second-order valence-electron chi connectivity index (χ2n) is 14.2. The molecule has 0 bridgehead atoms. The minimum absolute atomic E-state index is 0.0962. The molecule has 0 fully saturated rings. The summed E-state index contributed by atoms with van der Waals surface area (Å²) < 4.78 is 10.2. The minimum Gasteiger partial charge on any atom is -0.468 e. The molecule has 1 rings (SSSR count). The van der Waals surface area contributed by atoms with Gasteiger partial charge in [-0.3, -0.25) is 19.2 Å². The highest BCUT2D eigenvalue weighted by atomic mass is 16.6. The average molecular weight is 619 g/mol. The van der Waals surface area contributed by atoms with Gasteiger partial charge < -0.3 is 29.9 Å². The zero-order valence-corrected chi connectivity index (χ0v) is 28.9. The average Bonchev–Trinajstić information content (AvgIpc) is 2.89. The lowest BCUT2D eigenvalue weighted by molar-refractivity contribution is -0.148. The molecule has 0 unspecified atom stereocenters. The number of alkyl carbamates (subject to hydrolysis) is 1. The number of esters is 1. The Hall–Kier alpha value is -3.63. The second kappa shape index (κ2) is 15.4. The maximum atomic E-state index is 14.2. The van der Waals surface area contributed by atoms with Gasteiger partial charge in [0.25, 0.3) is 0 Å². The monoisotopic (exact) mass is 618 g/mol. The summed E-state index contributed by atoms with van der Waals surface area (Å²) in [4.78, 5) is 68.4. The third kappa shape index (κ3) is 11.1. The molecule has 0 spiro atoms. The molecule has 0 aliphatic heterocycles. The van der Waals surface area contributed by atoms with Crippen LogP contribution in [0, 0.1) is 11.3 Å². The number of ether oxygens (including phenoxy) is 2. The first-order valence-electron chi connectivity index (χ1n) is 15.0. The van der Waals surface area contributed by atoms with Crippen molar-refractivity contribution in [2.45, 2.75) is 105 Å². The quantitative estimate of drug-likeness (QED) is 0.340. The lowest BCUT2D eigenvalue weighted by Gasteiger charge is -2.41. The molecular formula is C33H54N4O7. The maximum Gasteiger partial charge on any atom is 0.408 e.